The van der Waals surface area contributed by atoms with Gasteiger partial charge >= 0.3 is 0 Å². The first-order chi connectivity index (χ1) is 17.6. The maximum atomic E-state index is 13.5. The Bertz CT molecular complexity index is 1340. The monoisotopic (exact) mass is 550 g/mol. The lowest BCUT2D eigenvalue weighted by Gasteiger charge is -2.36. The normalized spacial score (nSPS) is 17.2. The SMILES string of the molecule is Fc1cncc(CN2CCN(c3c(Br)cnc4[nH]c(-c5ccc(N6CCNCC6)cc5)nc34)CC2)c1. The van der Waals surface area contributed by atoms with E-state index in [1.165, 1.54) is 11.9 Å². The molecular formula is C26H28BrFN8. The fraction of sp³-hybridized carbons (Fsp3) is 0.346. The van der Waals surface area contributed by atoms with Crippen molar-refractivity contribution in [1.82, 2.24) is 30.2 Å². The molecule has 4 aromatic rings. The summed E-state index contributed by atoms with van der Waals surface area (Å²) in [7, 11) is 0. The number of fused-ring (bicyclic) bond motifs is 1. The van der Waals surface area contributed by atoms with E-state index in [2.05, 4.69) is 75.2 Å². The van der Waals surface area contributed by atoms with Crippen LogP contribution in [-0.2, 0) is 6.54 Å². The molecule has 2 aliphatic heterocycles. The molecule has 10 heteroatoms. The summed E-state index contributed by atoms with van der Waals surface area (Å²) in [6, 6.07) is 10.2. The molecule has 2 N–H and O–H groups in total. The molecule has 0 unspecified atom stereocenters. The topological polar surface area (TPSA) is 76.2 Å². The third kappa shape index (κ3) is 4.80. The molecular weight excluding hydrogens is 523 g/mol. The number of hydrogen-bond donors (Lipinski definition) is 2. The lowest BCUT2D eigenvalue weighted by atomic mass is 10.1. The van der Waals surface area contributed by atoms with Crippen molar-refractivity contribution >= 4 is 38.5 Å². The van der Waals surface area contributed by atoms with E-state index in [9.17, 15) is 4.39 Å². The van der Waals surface area contributed by atoms with E-state index in [1.54, 1.807) is 12.3 Å². The molecule has 186 valence electrons. The van der Waals surface area contributed by atoms with Gasteiger partial charge in [0, 0.05) is 82.5 Å². The highest BCUT2D eigenvalue weighted by Gasteiger charge is 2.23. The number of hydrogen-bond acceptors (Lipinski definition) is 7. The van der Waals surface area contributed by atoms with Crippen LogP contribution in [0.3, 0.4) is 0 Å². The van der Waals surface area contributed by atoms with E-state index in [-0.39, 0.29) is 5.82 Å². The highest BCUT2D eigenvalue weighted by Crippen LogP contribution is 2.34. The smallest absolute Gasteiger partial charge is 0.159 e. The van der Waals surface area contributed by atoms with Gasteiger partial charge in [-0.2, -0.15) is 0 Å². The number of aromatic amines is 1. The van der Waals surface area contributed by atoms with Gasteiger partial charge in [-0.05, 0) is 51.8 Å². The molecule has 0 bridgehead atoms. The minimum absolute atomic E-state index is 0.290. The van der Waals surface area contributed by atoms with Crippen molar-refractivity contribution in [2.24, 2.45) is 0 Å². The predicted molar refractivity (Wildman–Crippen MR) is 144 cm³/mol. The number of imidazole rings is 1. The number of halogens is 2. The first kappa shape index (κ1) is 23.3. The molecule has 0 spiro atoms. The number of pyridine rings is 2. The molecule has 3 aromatic heterocycles. The van der Waals surface area contributed by atoms with Gasteiger partial charge in [-0.1, -0.05) is 0 Å². The summed E-state index contributed by atoms with van der Waals surface area (Å²) in [5.41, 5.74) is 5.89. The fourth-order valence-corrected chi connectivity index (χ4v) is 5.58. The van der Waals surface area contributed by atoms with Crippen molar-refractivity contribution < 1.29 is 4.39 Å². The molecule has 2 saturated heterocycles. The molecule has 8 nitrogen and oxygen atoms in total. The van der Waals surface area contributed by atoms with Crippen LogP contribution in [0.5, 0.6) is 0 Å². The van der Waals surface area contributed by atoms with Crippen LogP contribution in [0.2, 0.25) is 0 Å². The van der Waals surface area contributed by atoms with Crippen LogP contribution in [-0.4, -0.2) is 77.2 Å². The highest BCUT2D eigenvalue weighted by atomic mass is 79.9. The number of anilines is 2. The number of piperazine rings is 2. The molecule has 0 radical (unpaired) electrons. The van der Waals surface area contributed by atoms with Gasteiger partial charge in [0.1, 0.15) is 17.2 Å². The maximum Gasteiger partial charge on any atom is 0.159 e. The van der Waals surface area contributed by atoms with Gasteiger partial charge in [-0.15, -0.1) is 0 Å². The van der Waals surface area contributed by atoms with Crippen LogP contribution in [0.1, 0.15) is 5.56 Å². The van der Waals surface area contributed by atoms with Crippen molar-refractivity contribution in [2.45, 2.75) is 6.54 Å². The Labute approximate surface area is 217 Å². The second-order valence-electron chi connectivity index (χ2n) is 9.30. The van der Waals surface area contributed by atoms with Gasteiger partial charge in [-0.3, -0.25) is 9.88 Å². The molecule has 0 saturated carbocycles. The summed E-state index contributed by atoms with van der Waals surface area (Å²) in [4.78, 5) is 24.0. The Hall–Kier alpha value is -3.08. The molecule has 2 aliphatic rings. The third-order valence-electron chi connectivity index (χ3n) is 6.92. The standard InChI is InChI=1S/C26H28BrFN8/c27-22-16-31-26-23(24(22)36-11-9-34(10-12-36)17-18-13-20(28)15-30-14-18)32-25(33-26)19-1-3-21(4-2-19)35-7-5-29-6-8-35/h1-4,13-16,29H,5-12,17H2,(H,31,32,33). The molecule has 5 heterocycles. The minimum Gasteiger partial charge on any atom is -0.369 e. The Balaban J connectivity index is 1.20. The van der Waals surface area contributed by atoms with Crippen LogP contribution in [0, 0.1) is 5.82 Å². The van der Waals surface area contributed by atoms with Crippen molar-refractivity contribution in [3.05, 3.63) is 64.8 Å². The van der Waals surface area contributed by atoms with E-state index in [0.717, 1.165) is 90.6 Å². The van der Waals surface area contributed by atoms with Gasteiger partial charge in [0.2, 0.25) is 0 Å². The number of rotatable bonds is 5. The Morgan fingerprint density at radius 3 is 2.44 bits per heavy atom. The number of benzene rings is 1. The van der Waals surface area contributed by atoms with Gasteiger partial charge in [0.15, 0.2) is 5.65 Å². The van der Waals surface area contributed by atoms with Gasteiger partial charge in [0.25, 0.3) is 0 Å². The summed E-state index contributed by atoms with van der Waals surface area (Å²) in [5, 5.41) is 3.40. The average Bonchev–Trinajstić information content (AvgIpc) is 3.34. The van der Waals surface area contributed by atoms with Gasteiger partial charge < -0.3 is 20.1 Å². The summed E-state index contributed by atoms with van der Waals surface area (Å²) in [6.45, 7) is 8.23. The predicted octanol–water partition coefficient (Wildman–Crippen LogP) is 3.65. The Kier molecular flexibility index (Phi) is 6.56. The highest BCUT2D eigenvalue weighted by molar-refractivity contribution is 9.10. The fourth-order valence-electron chi connectivity index (χ4n) is 5.04. The summed E-state index contributed by atoms with van der Waals surface area (Å²) in [5.74, 6) is 0.531. The van der Waals surface area contributed by atoms with Gasteiger partial charge in [0.05, 0.1) is 16.4 Å². The molecule has 36 heavy (non-hydrogen) atoms. The van der Waals surface area contributed by atoms with Crippen LogP contribution in [0.25, 0.3) is 22.6 Å². The van der Waals surface area contributed by atoms with Crippen molar-refractivity contribution in [3.63, 3.8) is 0 Å². The summed E-state index contributed by atoms with van der Waals surface area (Å²) in [6.07, 6.45) is 4.82. The minimum atomic E-state index is -0.290. The van der Waals surface area contributed by atoms with Crippen molar-refractivity contribution in [1.29, 1.82) is 0 Å². The number of aromatic nitrogens is 4. The molecule has 0 atom stereocenters. The molecule has 6 rings (SSSR count). The Morgan fingerprint density at radius 1 is 0.917 bits per heavy atom. The molecule has 2 fully saturated rings. The zero-order valence-corrected chi connectivity index (χ0v) is 21.5. The number of nitrogens with one attached hydrogen (secondary N) is 2. The zero-order chi connectivity index (χ0) is 24.5. The van der Waals surface area contributed by atoms with Crippen LogP contribution in [0.4, 0.5) is 15.8 Å². The van der Waals surface area contributed by atoms with E-state index in [1.807, 2.05) is 6.20 Å². The van der Waals surface area contributed by atoms with E-state index in [0.29, 0.717) is 6.54 Å². The summed E-state index contributed by atoms with van der Waals surface area (Å²) < 4.78 is 14.4. The van der Waals surface area contributed by atoms with Crippen LogP contribution in [0.15, 0.2) is 53.4 Å². The van der Waals surface area contributed by atoms with Crippen molar-refractivity contribution in [3.8, 4) is 11.4 Å². The largest absolute Gasteiger partial charge is 0.369 e. The molecule has 0 amide bonds. The number of H-pyrrole nitrogens is 1. The zero-order valence-electron chi connectivity index (χ0n) is 19.9. The van der Waals surface area contributed by atoms with E-state index >= 15 is 0 Å². The average molecular weight is 551 g/mol. The van der Waals surface area contributed by atoms with Gasteiger partial charge in [-0.25, -0.2) is 14.4 Å². The van der Waals surface area contributed by atoms with Crippen molar-refractivity contribution in [2.75, 3.05) is 62.2 Å². The lowest BCUT2D eigenvalue weighted by Crippen LogP contribution is -2.46. The van der Waals surface area contributed by atoms with E-state index < -0.39 is 0 Å². The quantitative estimate of drug-likeness (QED) is 0.392. The first-order valence-corrected chi connectivity index (χ1v) is 13.1. The third-order valence-corrected chi connectivity index (χ3v) is 7.50. The second kappa shape index (κ2) is 10.1. The Morgan fingerprint density at radius 2 is 1.69 bits per heavy atom. The second-order valence-corrected chi connectivity index (χ2v) is 10.2. The lowest BCUT2D eigenvalue weighted by molar-refractivity contribution is 0.249. The molecule has 0 aliphatic carbocycles. The molecule has 1 aromatic carbocycles. The summed E-state index contributed by atoms with van der Waals surface area (Å²) >= 11 is 3.72. The maximum absolute atomic E-state index is 13.5. The van der Waals surface area contributed by atoms with Crippen LogP contribution >= 0.6 is 15.9 Å². The number of nitrogens with zero attached hydrogens (tertiary/aromatic N) is 6. The van der Waals surface area contributed by atoms with E-state index in [4.69, 9.17) is 4.98 Å². The first-order valence-electron chi connectivity index (χ1n) is 12.3. The van der Waals surface area contributed by atoms with Crippen LogP contribution < -0.4 is 15.1 Å².